The molecule has 0 fully saturated rings. The van der Waals surface area contributed by atoms with Gasteiger partial charge in [-0.15, -0.1) is 0 Å². The second kappa shape index (κ2) is 7.66. The summed E-state index contributed by atoms with van der Waals surface area (Å²) >= 11 is 0. The molecule has 0 radical (unpaired) electrons. The molecule has 1 rings (SSSR count). The molecule has 0 heterocycles. The average molecular weight is 232 g/mol. The van der Waals surface area contributed by atoms with Gasteiger partial charge >= 0.3 is 5.97 Å². The lowest BCUT2D eigenvalue weighted by Crippen LogP contribution is -2.06. The maximum Gasteiger partial charge on any atom is 0.306 e. The molecule has 1 aromatic rings. The summed E-state index contributed by atoms with van der Waals surface area (Å²) in [6.07, 6.45) is 4.09. The van der Waals surface area contributed by atoms with Gasteiger partial charge in [-0.25, -0.2) is 0 Å². The average Bonchev–Trinajstić information content (AvgIpc) is 2.33. The van der Waals surface area contributed by atoms with E-state index in [0.29, 0.717) is 13.0 Å². The fraction of sp³-hybridized carbons (Fsp3) is 0.400. The minimum atomic E-state index is -0.115. The number of carbonyl (C=O) groups is 1. The third kappa shape index (κ3) is 6.56. The summed E-state index contributed by atoms with van der Waals surface area (Å²) in [4.78, 5) is 11.4. The fourth-order valence-corrected chi connectivity index (χ4v) is 1.48. The van der Waals surface area contributed by atoms with Crippen LogP contribution in [0.3, 0.4) is 0 Å². The lowest BCUT2D eigenvalue weighted by molar-refractivity contribution is -0.143. The van der Waals surface area contributed by atoms with Crippen molar-refractivity contribution >= 4 is 5.97 Å². The lowest BCUT2D eigenvalue weighted by Gasteiger charge is -2.03. The van der Waals surface area contributed by atoms with Crippen LogP contribution in [0.25, 0.3) is 0 Å². The SMILES string of the molecule is CC(C)=CCCOC(=O)CCc1ccccc1. The van der Waals surface area contributed by atoms with Crippen LogP contribution < -0.4 is 0 Å². The first kappa shape index (κ1) is 13.5. The Balaban J connectivity index is 2.16. The van der Waals surface area contributed by atoms with Gasteiger partial charge in [-0.05, 0) is 32.3 Å². The van der Waals surface area contributed by atoms with Crippen LogP contribution in [0.15, 0.2) is 42.0 Å². The van der Waals surface area contributed by atoms with Crippen molar-refractivity contribution in [2.24, 2.45) is 0 Å². The van der Waals surface area contributed by atoms with E-state index in [1.165, 1.54) is 11.1 Å². The van der Waals surface area contributed by atoms with Crippen LogP contribution in [-0.2, 0) is 16.0 Å². The predicted molar refractivity (Wildman–Crippen MR) is 69.8 cm³/mol. The summed E-state index contributed by atoms with van der Waals surface area (Å²) in [7, 11) is 0. The molecule has 0 atom stereocenters. The van der Waals surface area contributed by atoms with Crippen molar-refractivity contribution in [3.63, 3.8) is 0 Å². The summed E-state index contributed by atoms with van der Waals surface area (Å²) < 4.78 is 5.13. The second-order valence-corrected chi connectivity index (χ2v) is 4.28. The Morgan fingerprint density at radius 3 is 2.59 bits per heavy atom. The maximum atomic E-state index is 11.4. The van der Waals surface area contributed by atoms with Gasteiger partial charge in [0.15, 0.2) is 0 Å². The molecule has 0 spiro atoms. The molecule has 17 heavy (non-hydrogen) atoms. The van der Waals surface area contributed by atoms with Gasteiger partial charge in [-0.3, -0.25) is 4.79 Å². The topological polar surface area (TPSA) is 26.3 Å². The minimum absolute atomic E-state index is 0.115. The Morgan fingerprint density at radius 2 is 1.94 bits per heavy atom. The smallest absolute Gasteiger partial charge is 0.306 e. The third-order valence-corrected chi connectivity index (χ3v) is 2.39. The number of rotatable bonds is 6. The molecule has 0 unspecified atom stereocenters. The molecule has 1 aromatic carbocycles. The Kier molecular flexibility index (Phi) is 6.08. The first-order valence-corrected chi connectivity index (χ1v) is 6.01. The van der Waals surface area contributed by atoms with Crippen molar-refractivity contribution in [3.05, 3.63) is 47.5 Å². The van der Waals surface area contributed by atoms with Gasteiger partial charge in [-0.2, -0.15) is 0 Å². The molecule has 0 amide bonds. The number of benzene rings is 1. The van der Waals surface area contributed by atoms with Gasteiger partial charge in [0.25, 0.3) is 0 Å². The van der Waals surface area contributed by atoms with Crippen LogP contribution in [0, 0.1) is 0 Å². The molecule has 0 aliphatic carbocycles. The summed E-state index contributed by atoms with van der Waals surface area (Å²) in [5.74, 6) is -0.115. The zero-order valence-corrected chi connectivity index (χ0v) is 10.6. The first-order valence-electron chi connectivity index (χ1n) is 6.01. The second-order valence-electron chi connectivity index (χ2n) is 4.28. The Bertz CT molecular complexity index is 362. The Morgan fingerprint density at radius 1 is 1.24 bits per heavy atom. The number of hydrogen-bond donors (Lipinski definition) is 0. The van der Waals surface area contributed by atoms with Gasteiger partial charge < -0.3 is 4.74 Å². The van der Waals surface area contributed by atoms with Crippen LogP contribution in [-0.4, -0.2) is 12.6 Å². The maximum absolute atomic E-state index is 11.4. The van der Waals surface area contributed by atoms with Crippen LogP contribution in [0.5, 0.6) is 0 Å². The number of carbonyl (C=O) groups excluding carboxylic acids is 1. The summed E-state index contributed by atoms with van der Waals surface area (Å²) in [5, 5.41) is 0. The quantitative estimate of drug-likeness (QED) is 0.426. The van der Waals surface area contributed by atoms with E-state index in [9.17, 15) is 4.79 Å². The van der Waals surface area contributed by atoms with Crippen molar-refractivity contribution < 1.29 is 9.53 Å². The molecular formula is C15H20O2. The van der Waals surface area contributed by atoms with Gasteiger partial charge in [0.1, 0.15) is 0 Å². The van der Waals surface area contributed by atoms with Gasteiger partial charge in [0, 0.05) is 6.42 Å². The minimum Gasteiger partial charge on any atom is -0.465 e. The van der Waals surface area contributed by atoms with Crippen molar-refractivity contribution in [1.29, 1.82) is 0 Å². The van der Waals surface area contributed by atoms with E-state index >= 15 is 0 Å². The number of allylic oxidation sites excluding steroid dienone is 1. The van der Waals surface area contributed by atoms with E-state index in [1.807, 2.05) is 44.2 Å². The lowest BCUT2D eigenvalue weighted by atomic mass is 10.1. The molecule has 0 N–H and O–H groups in total. The molecule has 2 heteroatoms. The predicted octanol–water partition coefficient (Wildman–Crippen LogP) is 3.52. The monoisotopic (exact) mass is 232 g/mol. The molecular weight excluding hydrogens is 212 g/mol. The molecule has 0 aromatic heterocycles. The van der Waals surface area contributed by atoms with Crippen LogP contribution in [0.1, 0.15) is 32.3 Å². The van der Waals surface area contributed by atoms with Crippen LogP contribution in [0.4, 0.5) is 0 Å². The van der Waals surface area contributed by atoms with Crippen molar-refractivity contribution in [2.75, 3.05) is 6.61 Å². The highest BCUT2D eigenvalue weighted by molar-refractivity contribution is 5.69. The Hall–Kier alpha value is -1.57. The standard InChI is InChI=1S/C15H20O2/c1-13(2)7-6-12-17-15(16)11-10-14-8-4-3-5-9-14/h3-5,7-9H,6,10-12H2,1-2H3. The van der Waals surface area contributed by atoms with Gasteiger partial charge in [0.05, 0.1) is 6.61 Å². The molecule has 0 saturated heterocycles. The van der Waals surface area contributed by atoms with Crippen molar-refractivity contribution in [3.8, 4) is 0 Å². The fourth-order valence-electron chi connectivity index (χ4n) is 1.48. The highest BCUT2D eigenvalue weighted by Gasteiger charge is 2.02. The summed E-state index contributed by atoms with van der Waals surface area (Å²) in [6, 6.07) is 9.99. The van der Waals surface area contributed by atoms with Gasteiger partial charge in [-0.1, -0.05) is 42.0 Å². The zero-order chi connectivity index (χ0) is 12.5. The van der Waals surface area contributed by atoms with Crippen LogP contribution >= 0.6 is 0 Å². The summed E-state index contributed by atoms with van der Waals surface area (Å²) in [5.41, 5.74) is 2.43. The largest absolute Gasteiger partial charge is 0.465 e. The van der Waals surface area contributed by atoms with Gasteiger partial charge in [0.2, 0.25) is 0 Å². The van der Waals surface area contributed by atoms with E-state index in [1.54, 1.807) is 0 Å². The van der Waals surface area contributed by atoms with Crippen molar-refractivity contribution in [2.45, 2.75) is 33.1 Å². The number of ether oxygens (including phenoxy) is 1. The molecule has 0 bridgehead atoms. The van der Waals surface area contributed by atoms with Crippen LogP contribution in [0.2, 0.25) is 0 Å². The number of esters is 1. The molecule has 92 valence electrons. The summed E-state index contributed by atoms with van der Waals surface area (Å²) in [6.45, 7) is 4.56. The normalized spacial score (nSPS) is 9.76. The molecule has 0 saturated carbocycles. The van der Waals surface area contributed by atoms with E-state index < -0.39 is 0 Å². The number of hydrogen-bond acceptors (Lipinski definition) is 2. The van der Waals surface area contributed by atoms with E-state index in [2.05, 4.69) is 6.08 Å². The molecule has 0 aliphatic heterocycles. The van der Waals surface area contributed by atoms with E-state index in [-0.39, 0.29) is 5.97 Å². The highest BCUT2D eigenvalue weighted by atomic mass is 16.5. The Labute approximate surface area is 103 Å². The molecule has 0 aliphatic rings. The zero-order valence-electron chi connectivity index (χ0n) is 10.6. The third-order valence-electron chi connectivity index (χ3n) is 2.39. The molecule has 2 nitrogen and oxygen atoms in total. The van der Waals surface area contributed by atoms with E-state index in [4.69, 9.17) is 4.74 Å². The van der Waals surface area contributed by atoms with Crippen molar-refractivity contribution in [1.82, 2.24) is 0 Å². The number of aryl methyl sites for hydroxylation is 1. The first-order chi connectivity index (χ1) is 8.18. The van der Waals surface area contributed by atoms with E-state index in [0.717, 1.165) is 12.8 Å². The highest BCUT2D eigenvalue weighted by Crippen LogP contribution is 2.03.